The minimum atomic E-state index is -0.530. The molecule has 0 aliphatic carbocycles. The van der Waals surface area contributed by atoms with Crippen LogP contribution < -0.4 is 16.8 Å². The normalized spacial score (nSPS) is 12.9. The lowest BCUT2D eigenvalue weighted by Crippen LogP contribution is -2.34. The summed E-state index contributed by atoms with van der Waals surface area (Å²) in [5, 5.41) is 10.3. The van der Waals surface area contributed by atoms with Crippen LogP contribution in [0.1, 0.15) is 32.8 Å². The van der Waals surface area contributed by atoms with E-state index in [4.69, 9.17) is 16.2 Å². The molecule has 22 heavy (non-hydrogen) atoms. The molecule has 1 rings (SSSR count). The van der Waals surface area contributed by atoms with Crippen LogP contribution in [0.25, 0.3) is 0 Å². The number of carbonyl (C=O) groups excluding carboxylic acids is 1. The zero-order chi connectivity index (χ0) is 16.6. The van der Waals surface area contributed by atoms with Crippen molar-refractivity contribution in [1.29, 1.82) is 0 Å². The highest BCUT2D eigenvalue weighted by Gasteiger charge is 2.15. The van der Waals surface area contributed by atoms with Crippen LogP contribution in [0.2, 0.25) is 0 Å². The quantitative estimate of drug-likeness (QED) is 0.435. The molecule has 0 atom stereocenters. The van der Waals surface area contributed by atoms with Gasteiger partial charge in [0.05, 0.1) is 0 Å². The van der Waals surface area contributed by atoms with Gasteiger partial charge < -0.3 is 21.5 Å². The number of alkyl carbamates (subject to hydrolysis) is 1. The van der Waals surface area contributed by atoms with Crippen molar-refractivity contribution < 1.29 is 9.53 Å². The summed E-state index contributed by atoms with van der Waals surface area (Å²) < 4.78 is 5.10. The molecule has 7 nitrogen and oxygen atoms in total. The zero-order valence-electron chi connectivity index (χ0n) is 13.2. The van der Waals surface area contributed by atoms with Gasteiger partial charge in [-0.3, -0.25) is 0 Å². The maximum Gasteiger partial charge on any atom is 0.407 e. The van der Waals surface area contributed by atoms with Gasteiger partial charge in [0.25, 0.3) is 0 Å². The number of hydrogen-bond acceptors (Lipinski definition) is 4. The summed E-state index contributed by atoms with van der Waals surface area (Å²) in [6, 6.07) is 9.25. The molecule has 1 amide bonds. The lowest BCUT2D eigenvalue weighted by Gasteiger charge is -2.19. The van der Waals surface area contributed by atoms with Gasteiger partial charge >= 0.3 is 6.09 Å². The van der Waals surface area contributed by atoms with Crippen LogP contribution in [0.3, 0.4) is 0 Å². The Kier molecular flexibility index (Phi) is 6.37. The van der Waals surface area contributed by atoms with Crippen LogP contribution in [0.4, 0.5) is 4.79 Å². The average Bonchev–Trinajstić information content (AvgIpc) is 2.43. The van der Waals surface area contributed by atoms with Gasteiger partial charge in [-0.05, 0) is 20.8 Å². The molecule has 0 fully saturated rings. The fourth-order valence-electron chi connectivity index (χ4n) is 1.44. The number of nitrogens with two attached hydrogens (primary N) is 2. The van der Waals surface area contributed by atoms with Crippen molar-refractivity contribution in [3.05, 3.63) is 35.9 Å². The number of amides is 1. The minimum absolute atomic E-state index is 0.273. The van der Waals surface area contributed by atoms with E-state index in [-0.39, 0.29) is 11.7 Å². The van der Waals surface area contributed by atoms with Gasteiger partial charge in [0.15, 0.2) is 5.84 Å². The third-order valence-corrected chi connectivity index (χ3v) is 2.41. The summed E-state index contributed by atoms with van der Waals surface area (Å²) in [6.45, 7) is 5.70. The van der Waals surface area contributed by atoms with Crippen LogP contribution in [-0.4, -0.2) is 29.9 Å². The summed E-state index contributed by atoms with van der Waals surface area (Å²) in [5.74, 6) is 0.554. The summed E-state index contributed by atoms with van der Waals surface area (Å²) in [5.41, 5.74) is 11.7. The van der Waals surface area contributed by atoms with E-state index in [1.54, 1.807) is 20.8 Å². The topological polar surface area (TPSA) is 115 Å². The van der Waals surface area contributed by atoms with E-state index in [1.807, 2.05) is 30.3 Å². The summed E-state index contributed by atoms with van der Waals surface area (Å²) in [6.07, 6.45) is -0.141. The number of nitrogens with one attached hydrogen (secondary N) is 1. The van der Waals surface area contributed by atoms with Gasteiger partial charge in [0.2, 0.25) is 0 Å². The molecule has 0 aliphatic heterocycles. The van der Waals surface area contributed by atoms with E-state index in [9.17, 15) is 4.79 Å². The second kappa shape index (κ2) is 8.02. The molecule has 120 valence electrons. The van der Waals surface area contributed by atoms with Crippen molar-refractivity contribution in [1.82, 2.24) is 5.32 Å². The fraction of sp³-hybridized carbons (Fsp3) is 0.400. The molecule has 0 saturated carbocycles. The van der Waals surface area contributed by atoms with Gasteiger partial charge in [-0.25, -0.2) is 4.79 Å². The van der Waals surface area contributed by atoms with Gasteiger partial charge in [-0.2, -0.15) is 0 Å². The molecule has 0 saturated heterocycles. The Morgan fingerprint density at radius 3 is 2.41 bits per heavy atom. The first-order valence-electron chi connectivity index (χ1n) is 6.95. The molecule has 0 unspecified atom stereocenters. The van der Waals surface area contributed by atoms with E-state index < -0.39 is 11.7 Å². The molecule has 1 aromatic carbocycles. The largest absolute Gasteiger partial charge is 0.444 e. The molecule has 5 N–H and O–H groups in total. The van der Waals surface area contributed by atoms with Gasteiger partial charge in [-0.15, -0.1) is 10.2 Å². The maximum absolute atomic E-state index is 11.4. The highest BCUT2D eigenvalue weighted by Crippen LogP contribution is 2.06. The van der Waals surface area contributed by atoms with Crippen LogP contribution >= 0.6 is 0 Å². The predicted octanol–water partition coefficient (Wildman–Crippen LogP) is 1.58. The lowest BCUT2D eigenvalue weighted by atomic mass is 10.2. The van der Waals surface area contributed by atoms with E-state index in [0.717, 1.165) is 5.56 Å². The first kappa shape index (κ1) is 17.5. The van der Waals surface area contributed by atoms with Crippen molar-refractivity contribution in [2.24, 2.45) is 21.7 Å². The number of nitrogens with zero attached hydrogens (tertiary/aromatic N) is 2. The van der Waals surface area contributed by atoms with Gasteiger partial charge in [0, 0.05) is 18.5 Å². The van der Waals surface area contributed by atoms with Crippen molar-refractivity contribution >= 4 is 17.8 Å². The van der Waals surface area contributed by atoms with E-state index >= 15 is 0 Å². The Labute approximate surface area is 130 Å². The van der Waals surface area contributed by atoms with Crippen molar-refractivity contribution in [2.75, 3.05) is 6.54 Å². The summed E-state index contributed by atoms with van der Waals surface area (Å²) >= 11 is 0. The van der Waals surface area contributed by atoms with Gasteiger partial charge in [0.1, 0.15) is 11.4 Å². The highest BCUT2D eigenvalue weighted by atomic mass is 16.6. The van der Waals surface area contributed by atoms with E-state index in [1.165, 1.54) is 0 Å². The predicted molar refractivity (Wildman–Crippen MR) is 87.6 cm³/mol. The number of hydrogen-bond donors (Lipinski definition) is 3. The second-order valence-electron chi connectivity index (χ2n) is 5.62. The molecule has 0 heterocycles. The number of ether oxygens (including phenoxy) is 1. The van der Waals surface area contributed by atoms with Crippen molar-refractivity contribution in [3.63, 3.8) is 0 Å². The molecule has 7 heteroatoms. The molecule has 1 aromatic rings. The van der Waals surface area contributed by atoms with Gasteiger partial charge in [-0.1, -0.05) is 30.3 Å². The monoisotopic (exact) mass is 305 g/mol. The molecule has 0 radical (unpaired) electrons. The van der Waals surface area contributed by atoms with Crippen LogP contribution in [0, 0.1) is 0 Å². The van der Waals surface area contributed by atoms with Crippen LogP contribution in [0.5, 0.6) is 0 Å². The maximum atomic E-state index is 11.4. The standard InChI is InChI=1S/C15H23N5O2/c1-15(2,3)22-14(21)18-10-9-12(16)19-20-13(17)11-7-5-4-6-8-11/h4-8H,9-10H2,1-3H3,(H2,16,19)(H2,17,20)(H,18,21). The summed E-state index contributed by atoms with van der Waals surface area (Å²) in [7, 11) is 0. The Hall–Kier alpha value is -2.57. The molecular formula is C15H23N5O2. The SMILES string of the molecule is CC(C)(C)OC(=O)NCC/C(N)=N/N=C(\N)c1ccccc1. The molecule has 0 aliphatic rings. The summed E-state index contributed by atoms with van der Waals surface area (Å²) in [4.78, 5) is 11.4. The third kappa shape index (κ3) is 7.28. The third-order valence-electron chi connectivity index (χ3n) is 2.41. The minimum Gasteiger partial charge on any atom is -0.444 e. The number of rotatable bonds is 5. The first-order valence-corrected chi connectivity index (χ1v) is 6.95. The first-order chi connectivity index (χ1) is 10.3. The smallest absolute Gasteiger partial charge is 0.407 e. The average molecular weight is 305 g/mol. The number of amidine groups is 2. The van der Waals surface area contributed by atoms with Crippen molar-refractivity contribution in [2.45, 2.75) is 32.8 Å². The molecule has 0 bridgehead atoms. The lowest BCUT2D eigenvalue weighted by molar-refractivity contribution is 0.0529. The number of benzene rings is 1. The Balaban J connectivity index is 2.42. The second-order valence-corrected chi connectivity index (χ2v) is 5.62. The van der Waals surface area contributed by atoms with E-state index in [2.05, 4.69) is 15.5 Å². The fourth-order valence-corrected chi connectivity index (χ4v) is 1.44. The zero-order valence-corrected chi connectivity index (χ0v) is 13.2. The number of carbonyl (C=O) groups is 1. The van der Waals surface area contributed by atoms with E-state index in [0.29, 0.717) is 13.0 Å². The van der Waals surface area contributed by atoms with Crippen molar-refractivity contribution in [3.8, 4) is 0 Å². The Morgan fingerprint density at radius 1 is 1.18 bits per heavy atom. The highest BCUT2D eigenvalue weighted by molar-refractivity contribution is 5.97. The van der Waals surface area contributed by atoms with Crippen LogP contribution in [0.15, 0.2) is 40.5 Å². The Morgan fingerprint density at radius 2 is 1.82 bits per heavy atom. The molecular weight excluding hydrogens is 282 g/mol. The Bertz CT molecular complexity index is 547. The molecule has 0 spiro atoms. The molecule has 0 aromatic heterocycles. The van der Waals surface area contributed by atoms with Crippen LogP contribution in [-0.2, 0) is 4.74 Å².